The lowest BCUT2D eigenvalue weighted by atomic mass is 9.93. The fourth-order valence-electron chi connectivity index (χ4n) is 1.73. The molecule has 0 fully saturated rings. The van der Waals surface area contributed by atoms with Gasteiger partial charge in [-0.3, -0.25) is 4.79 Å². The normalized spacial score (nSPS) is 11.8. The number of halogens is 1. The fourth-order valence-corrected chi connectivity index (χ4v) is 2.11. The van der Waals surface area contributed by atoms with Crippen molar-refractivity contribution in [1.82, 2.24) is 14.9 Å². The molecule has 8 nitrogen and oxygen atoms in total. The Morgan fingerprint density at radius 1 is 1.39 bits per heavy atom. The number of nitrogens with two attached hydrogens (primary N) is 1. The average molecular weight is 381 g/mol. The third-order valence-electron chi connectivity index (χ3n) is 2.96. The number of phenols is 1. The summed E-state index contributed by atoms with van der Waals surface area (Å²) >= 11 is 3.30. The second-order valence-electron chi connectivity index (χ2n) is 5.87. The van der Waals surface area contributed by atoms with Crippen LogP contribution in [0.2, 0.25) is 0 Å². The Morgan fingerprint density at radius 2 is 2.09 bits per heavy atom. The Hall–Kier alpha value is -2.42. The van der Waals surface area contributed by atoms with Gasteiger partial charge in [0.15, 0.2) is 0 Å². The molecule has 0 aliphatic heterocycles. The molecule has 0 spiro atoms. The molecule has 122 valence electrons. The van der Waals surface area contributed by atoms with Gasteiger partial charge in [-0.05, 0) is 18.2 Å². The zero-order chi connectivity index (χ0) is 17.2. The van der Waals surface area contributed by atoms with E-state index in [4.69, 9.17) is 5.84 Å². The van der Waals surface area contributed by atoms with Gasteiger partial charge >= 0.3 is 0 Å². The number of nitrogens with one attached hydrogen (secondary N) is 1. The molecule has 0 bridgehead atoms. The van der Waals surface area contributed by atoms with Crippen LogP contribution < -0.4 is 16.8 Å². The molecule has 1 aromatic carbocycles. The molecule has 0 aliphatic rings. The maximum absolute atomic E-state index is 12.2. The van der Waals surface area contributed by atoms with Crippen LogP contribution >= 0.6 is 15.9 Å². The van der Waals surface area contributed by atoms with E-state index in [1.807, 2.05) is 20.8 Å². The predicted octanol–water partition coefficient (Wildman–Crippen LogP) is 1.56. The first-order chi connectivity index (χ1) is 10.7. The van der Waals surface area contributed by atoms with Crippen LogP contribution in [0.15, 0.2) is 32.6 Å². The average Bonchev–Trinajstić information content (AvgIpc) is 2.46. The molecular weight excluding hydrogens is 364 g/mol. The number of benzene rings is 1. The molecular formula is C14H17BrN6O2. The van der Waals surface area contributed by atoms with E-state index in [1.165, 1.54) is 12.3 Å². The van der Waals surface area contributed by atoms with E-state index in [1.54, 1.807) is 12.1 Å². The van der Waals surface area contributed by atoms with Crippen LogP contribution in [0.3, 0.4) is 0 Å². The van der Waals surface area contributed by atoms with Gasteiger partial charge < -0.3 is 10.9 Å². The summed E-state index contributed by atoms with van der Waals surface area (Å²) in [6, 6.07) is 4.92. The topological polar surface area (TPSA) is 118 Å². The Bertz CT molecular complexity index is 810. The van der Waals surface area contributed by atoms with Crippen LogP contribution in [-0.4, -0.2) is 26.2 Å². The van der Waals surface area contributed by atoms with Gasteiger partial charge in [0.2, 0.25) is 0 Å². The summed E-state index contributed by atoms with van der Waals surface area (Å²) in [7, 11) is 0. The molecule has 0 amide bonds. The standard InChI is InChI=1S/C14H17BrN6O2/c1-14(2,3)11-12(23)21(16)13(20-18-11)19-17-7-8-6-9(15)4-5-10(8)22/h4-7,22H,16H2,1-3H3,(H,19,20)/b17-7+. The molecule has 0 atom stereocenters. The van der Waals surface area contributed by atoms with Crippen molar-refractivity contribution in [3.8, 4) is 5.75 Å². The number of aromatic hydroxyl groups is 1. The predicted molar refractivity (Wildman–Crippen MR) is 92.2 cm³/mol. The highest BCUT2D eigenvalue weighted by Crippen LogP contribution is 2.20. The fraction of sp³-hybridized carbons (Fsp3) is 0.286. The highest BCUT2D eigenvalue weighted by molar-refractivity contribution is 9.10. The Kier molecular flexibility index (Phi) is 4.69. The monoisotopic (exact) mass is 380 g/mol. The minimum Gasteiger partial charge on any atom is -0.507 e. The van der Waals surface area contributed by atoms with Crippen molar-refractivity contribution >= 4 is 28.1 Å². The van der Waals surface area contributed by atoms with E-state index < -0.39 is 11.0 Å². The van der Waals surface area contributed by atoms with E-state index in [2.05, 4.69) is 36.7 Å². The molecule has 2 rings (SSSR count). The first kappa shape index (κ1) is 16.9. The first-order valence-corrected chi connectivity index (χ1v) is 7.52. The lowest BCUT2D eigenvalue weighted by Gasteiger charge is -2.16. The van der Waals surface area contributed by atoms with Gasteiger partial charge in [-0.15, -0.1) is 10.2 Å². The van der Waals surface area contributed by atoms with E-state index in [9.17, 15) is 9.90 Å². The van der Waals surface area contributed by atoms with Crippen molar-refractivity contribution in [1.29, 1.82) is 0 Å². The number of rotatable bonds is 3. The van der Waals surface area contributed by atoms with E-state index in [-0.39, 0.29) is 17.4 Å². The number of anilines is 1. The minimum absolute atomic E-state index is 0.00580. The number of hydrogen-bond acceptors (Lipinski definition) is 7. The van der Waals surface area contributed by atoms with Crippen molar-refractivity contribution < 1.29 is 5.11 Å². The Balaban J connectivity index is 2.25. The summed E-state index contributed by atoms with van der Waals surface area (Å²) in [5, 5.41) is 21.4. The lowest BCUT2D eigenvalue weighted by molar-refractivity contribution is 0.474. The van der Waals surface area contributed by atoms with Gasteiger partial charge in [0.1, 0.15) is 11.4 Å². The third kappa shape index (κ3) is 3.86. The zero-order valence-corrected chi connectivity index (χ0v) is 14.5. The van der Waals surface area contributed by atoms with Crippen molar-refractivity contribution in [2.75, 3.05) is 11.3 Å². The number of hydrogen-bond donors (Lipinski definition) is 3. The summed E-state index contributed by atoms with van der Waals surface area (Å²) in [5.74, 6) is 5.78. The molecule has 0 saturated carbocycles. The van der Waals surface area contributed by atoms with E-state index in [0.29, 0.717) is 5.56 Å². The van der Waals surface area contributed by atoms with E-state index in [0.717, 1.165) is 9.15 Å². The summed E-state index contributed by atoms with van der Waals surface area (Å²) < 4.78 is 1.65. The van der Waals surface area contributed by atoms with Crippen molar-refractivity contribution in [3.63, 3.8) is 0 Å². The van der Waals surface area contributed by atoms with Crippen LogP contribution in [0, 0.1) is 0 Å². The maximum atomic E-state index is 12.2. The number of aromatic nitrogens is 3. The molecule has 2 aromatic rings. The van der Waals surface area contributed by atoms with Crippen LogP contribution in [0.25, 0.3) is 0 Å². The maximum Gasteiger partial charge on any atom is 0.295 e. The third-order valence-corrected chi connectivity index (χ3v) is 3.46. The van der Waals surface area contributed by atoms with Gasteiger partial charge in [0.05, 0.1) is 6.21 Å². The number of phenolic OH excluding ortho intramolecular Hbond substituents is 1. The molecule has 9 heteroatoms. The van der Waals surface area contributed by atoms with Crippen molar-refractivity contribution in [2.24, 2.45) is 5.10 Å². The van der Waals surface area contributed by atoms with Gasteiger partial charge in [-0.25, -0.2) is 5.43 Å². The van der Waals surface area contributed by atoms with Gasteiger partial charge in [0.25, 0.3) is 11.5 Å². The van der Waals surface area contributed by atoms with Crippen LogP contribution in [-0.2, 0) is 5.41 Å². The Labute approximate surface area is 141 Å². The number of nitrogen functional groups attached to an aromatic ring is 1. The highest BCUT2D eigenvalue weighted by Gasteiger charge is 2.22. The summed E-state index contributed by atoms with van der Waals surface area (Å²) in [5.41, 5.74) is 2.37. The minimum atomic E-state index is -0.463. The molecule has 23 heavy (non-hydrogen) atoms. The quantitative estimate of drug-likeness (QED) is 0.422. The van der Waals surface area contributed by atoms with Gasteiger partial charge in [-0.2, -0.15) is 9.78 Å². The van der Waals surface area contributed by atoms with Crippen LogP contribution in [0.5, 0.6) is 5.75 Å². The number of hydrazone groups is 1. The summed E-state index contributed by atoms with van der Waals surface area (Å²) in [4.78, 5) is 12.2. The summed E-state index contributed by atoms with van der Waals surface area (Å²) in [6.07, 6.45) is 1.38. The largest absolute Gasteiger partial charge is 0.507 e. The smallest absolute Gasteiger partial charge is 0.295 e. The molecule has 0 aliphatic carbocycles. The van der Waals surface area contributed by atoms with Crippen molar-refractivity contribution in [2.45, 2.75) is 26.2 Å². The van der Waals surface area contributed by atoms with Crippen LogP contribution in [0.1, 0.15) is 32.0 Å². The summed E-state index contributed by atoms with van der Waals surface area (Å²) in [6.45, 7) is 5.54. The number of nitrogens with zero attached hydrogens (tertiary/aromatic N) is 4. The second kappa shape index (κ2) is 6.37. The molecule has 4 N–H and O–H groups in total. The lowest BCUT2D eigenvalue weighted by Crippen LogP contribution is -2.38. The first-order valence-electron chi connectivity index (χ1n) is 6.73. The molecule has 1 heterocycles. The molecule has 1 aromatic heterocycles. The molecule has 0 unspecified atom stereocenters. The second-order valence-corrected chi connectivity index (χ2v) is 6.79. The van der Waals surface area contributed by atoms with Crippen molar-refractivity contribution in [3.05, 3.63) is 44.3 Å². The van der Waals surface area contributed by atoms with E-state index >= 15 is 0 Å². The van der Waals surface area contributed by atoms with Gasteiger partial charge in [0, 0.05) is 15.5 Å². The zero-order valence-electron chi connectivity index (χ0n) is 12.9. The van der Waals surface area contributed by atoms with Crippen LogP contribution in [0.4, 0.5) is 5.95 Å². The SMILES string of the molecule is CC(C)(C)c1nnc(N/N=C/c2cc(Br)ccc2O)n(N)c1=O. The Morgan fingerprint density at radius 3 is 2.74 bits per heavy atom. The highest BCUT2D eigenvalue weighted by atomic mass is 79.9. The molecule has 0 radical (unpaired) electrons. The van der Waals surface area contributed by atoms with Gasteiger partial charge in [-0.1, -0.05) is 36.7 Å². The molecule has 0 saturated heterocycles.